The summed E-state index contributed by atoms with van der Waals surface area (Å²) in [5.74, 6) is 0.0205. The molecule has 1 aromatic carbocycles. The minimum absolute atomic E-state index is 0.0205. The summed E-state index contributed by atoms with van der Waals surface area (Å²) >= 11 is 12.0. The molecule has 0 aromatic heterocycles. The smallest absolute Gasteiger partial charge is 0.246 e. The third kappa shape index (κ3) is 4.16. The first kappa shape index (κ1) is 18.5. The zero-order valence-corrected chi connectivity index (χ0v) is 15.1. The molecule has 1 fully saturated rings. The van der Waals surface area contributed by atoms with Crippen LogP contribution in [0.15, 0.2) is 23.1 Å². The molecule has 0 bridgehead atoms. The molecule has 0 unspecified atom stereocenters. The molecule has 1 aliphatic heterocycles. The lowest BCUT2D eigenvalue weighted by atomic mass is 10.3. The van der Waals surface area contributed by atoms with Crippen LogP contribution in [0.5, 0.6) is 0 Å². The number of rotatable bonds is 5. The van der Waals surface area contributed by atoms with Crippen molar-refractivity contribution in [3.05, 3.63) is 28.2 Å². The Labute approximate surface area is 146 Å². The molecule has 1 N–H and O–H groups in total. The lowest BCUT2D eigenvalue weighted by Gasteiger charge is -2.34. The van der Waals surface area contributed by atoms with E-state index in [2.05, 4.69) is 5.32 Å². The molecule has 0 saturated carbocycles. The number of nitrogens with zero attached hydrogens (tertiary/aromatic N) is 2. The number of nitrogens with one attached hydrogen (secondary N) is 1. The molecule has 1 aromatic rings. The number of carbonyl (C=O) groups is 1. The zero-order chi connectivity index (χ0) is 17.0. The second-order valence-corrected chi connectivity index (χ2v) is 7.88. The molecule has 0 spiro atoms. The molecule has 1 heterocycles. The van der Waals surface area contributed by atoms with Gasteiger partial charge in [0.15, 0.2) is 0 Å². The molecule has 1 saturated heterocycles. The summed E-state index contributed by atoms with van der Waals surface area (Å²) in [6, 6.07) is 4.59. The average molecular weight is 380 g/mol. The van der Waals surface area contributed by atoms with Gasteiger partial charge in [-0.1, -0.05) is 29.3 Å². The normalized spacial score (nSPS) is 16.6. The molecule has 6 nitrogen and oxygen atoms in total. The van der Waals surface area contributed by atoms with Gasteiger partial charge in [0.2, 0.25) is 15.9 Å². The number of benzene rings is 1. The Hall–Kier alpha value is -0.860. The van der Waals surface area contributed by atoms with Crippen molar-refractivity contribution in [1.29, 1.82) is 0 Å². The molecule has 1 amide bonds. The van der Waals surface area contributed by atoms with Crippen LogP contribution in [0.4, 0.5) is 0 Å². The van der Waals surface area contributed by atoms with Crippen LogP contribution in [0.25, 0.3) is 0 Å². The van der Waals surface area contributed by atoms with Gasteiger partial charge < -0.3 is 10.2 Å². The summed E-state index contributed by atoms with van der Waals surface area (Å²) in [5, 5.41) is 3.13. The molecule has 1 aliphatic rings. The van der Waals surface area contributed by atoms with E-state index in [1.165, 1.54) is 16.4 Å². The highest BCUT2D eigenvalue weighted by Crippen LogP contribution is 2.31. The Kier molecular flexibility index (Phi) is 6.27. The van der Waals surface area contributed by atoms with Gasteiger partial charge in [-0.3, -0.25) is 4.79 Å². The van der Waals surface area contributed by atoms with Crippen molar-refractivity contribution in [2.24, 2.45) is 0 Å². The Morgan fingerprint density at radius 1 is 1.17 bits per heavy atom. The van der Waals surface area contributed by atoms with Crippen LogP contribution in [0, 0.1) is 0 Å². The molecule has 128 valence electrons. The van der Waals surface area contributed by atoms with Crippen LogP contribution < -0.4 is 5.32 Å². The van der Waals surface area contributed by atoms with E-state index in [4.69, 9.17) is 23.2 Å². The first-order chi connectivity index (χ1) is 10.9. The highest BCUT2D eigenvalue weighted by Gasteiger charge is 2.32. The number of piperazine rings is 1. The van der Waals surface area contributed by atoms with Crippen LogP contribution in [0.2, 0.25) is 10.0 Å². The van der Waals surface area contributed by atoms with E-state index in [-0.39, 0.29) is 33.9 Å². The molecular weight excluding hydrogens is 361 g/mol. The van der Waals surface area contributed by atoms with E-state index in [0.29, 0.717) is 26.1 Å². The monoisotopic (exact) mass is 379 g/mol. The summed E-state index contributed by atoms with van der Waals surface area (Å²) in [6.07, 6.45) is 0.402. The van der Waals surface area contributed by atoms with Crippen molar-refractivity contribution in [2.45, 2.75) is 11.3 Å². The largest absolute Gasteiger partial charge is 0.340 e. The second-order valence-electron chi connectivity index (χ2n) is 5.19. The van der Waals surface area contributed by atoms with Crippen LogP contribution >= 0.6 is 23.2 Å². The van der Waals surface area contributed by atoms with Crippen LogP contribution in [-0.4, -0.2) is 63.3 Å². The van der Waals surface area contributed by atoms with Gasteiger partial charge in [0, 0.05) is 39.1 Å². The van der Waals surface area contributed by atoms with Gasteiger partial charge in [0.25, 0.3) is 0 Å². The first-order valence-electron chi connectivity index (χ1n) is 7.24. The molecule has 0 atom stereocenters. The van der Waals surface area contributed by atoms with Gasteiger partial charge in [0.1, 0.15) is 4.90 Å². The summed E-state index contributed by atoms with van der Waals surface area (Å²) in [5.41, 5.74) is 0. The predicted octanol–water partition coefficient (Wildman–Crippen LogP) is 1.44. The van der Waals surface area contributed by atoms with E-state index in [0.717, 1.165) is 0 Å². The Morgan fingerprint density at radius 3 is 2.26 bits per heavy atom. The first-order valence-corrected chi connectivity index (χ1v) is 9.44. The van der Waals surface area contributed by atoms with Crippen LogP contribution in [-0.2, 0) is 14.8 Å². The maximum Gasteiger partial charge on any atom is 0.246 e. The van der Waals surface area contributed by atoms with Crippen molar-refractivity contribution in [1.82, 2.24) is 14.5 Å². The van der Waals surface area contributed by atoms with Crippen molar-refractivity contribution >= 4 is 39.1 Å². The van der Waals surface area contributed by atoms with Crippen molar-refractivity contribution in [3.8, 4) is 0 Å². The third-order valence-electron chi connectivity index (χ3n) is 3.70. The Morgan fingerprint density at radius 2 is 1.74 bits per heavy atom. The minimum atomic E-state index is -3.77. The molecular formula is C14H19Cl2N3O3S. The topological polar surface area (TPSA) is 69.7 Å². The van der Waals surface area contributed by atoms with Gasteiger partial charge in [-0.25, -0.2) is 8.42 Å². The van der Waals surface area contributed by atoms with E-state index in [9.17, 15) is 13.2 Å². The number of halogens is 2. The Balaban J connectivity index is 2.09. The molecule has 23 heavy (non-hydrogen) atoms. The number of carbonyl (C=O) groups excluding carboxylic acids is 1. The fourth-order valence-corrected chi connectivity index (χ4v) is 4.94. The number of hydrogen-bond donors (Lipinski definition) is 1. The lowest BCUT2D eigenvalue weighted by molar-refractivity contribution is -0.132. The number of sulfonamides is 1. The lowest BCUT2D eigenvalue weighted by Crippen LogP contribution is -2.50. The van der Waals surface area contributed by atoms with Gasteiger partial charge in [0.05, 0.1) is 10.0 Å². The van der Waals surface area contributed by atoms with Gasteiger partial charge in [-0.05, 0) is 19.2 Å². The summed E-state index contributed by atoms with van der Waals surface area (Å²) in [4.78, 5) is 13.6. The van der Waals surface area contributed by atoms with Gasteiger partial charge in [-0.2, -0.15) is 4.31 Å². The van der Waals surface area contributed by atoms with Gasteiger partial charge in [-0.15, -0.1) is 0 Å². The van der Waals surface area contributed by atoms with E-state index >= 15 is 0 Å². The maximum atomic E-state index is 12.7. The minimum Gasteiger partial charge on any atom is -0.340 e. The summed E-state index contributed by atoms with van der Waals surface area (Å²) in [6.45, 7) is 1.80. The maximum absolute atomic E-state index is 12.7. The number of hydrogen-bond acceptors (Lipinski definition) is 4. The van der Waals surface area contributed by atoms with Crippen molar-refractivity contribution in [3.63, 3.8) is 0 Å². The molecule has 0 aliphatic carbocycles. The molecule has 9 heteroatoms. The fraction of sp³-hybridized carbons (Fsp3) is 0.500. The van der Waals surface area contributed by atoms with E-state index in [1.54, 1.807) is 18.0 Å². The van der Waals surface area contributed by atoms with E-state index < -0.39 is 10.0 Å². The standard InChI is InChI=1S/C14H19Cl2N3O3S/c1-17-6-5-13(20)18-7-9-19(10-8-18)23(21,22)14-11(15)3-2-4-12(14)16/h2-4,17H,5-10H2,1H3. The second kappa shape index (κ2) is 7.81. The van der Waals surface area contributed by atoms with Crippen LogP contribution in [0.1, 0.15) is 6.42 Å². The highest BCUT2D eigenvalue weighted by molar-refractivity contribution is 7.89. The predicted molar refractivity (Wildman–Crippen MR) is 90.3 cm³/mol. The molecule has 2 rings (SSSR count). The van der Waals surface area contributed by atoms with Crippen molar-refractivity contribution < 1.29 is 13.2 Å². The molecule has 0 radical (unpaired) electrons. The fourth-order valence-electron chi connectivity index (χ4n) is 2.43. The highest BCUT2D eigenvalue weighted by atomic mass is 35.5. The van der Waals surface area contributed by atoms with Crippen LogP contribution in [0.3, 0.4) is 0 Å². The van der Waals surface area contributed by atoms with E-state index in [1.807, 2.05) is 0 Å². The summed E-state index contributed by atoms with van der Waals surface area (Å²) in [7, 11) is -1.99. The SMILES string of the molecule is CNCCC(=O)N1CCN(S(=O)(=O)c2c(Cl)cccc2Cl)CC1. The average Bonchev–Trinajstić information content (AvgIpc) is 2.52. The number of amides is 1. The van der Waals surface area contributed by atoms with Gasteiger partial charge >= 0.3 is 0 Å². The van der Waals surface area contributed by atoms with Crippen molar-refractivity contribution in [2.75, 3.05) is 39.8 Å². The quantitative estimate of drug-likeness (QED) is 0.839. The Bertz CT molecular complexity index is 654. The summed E-state index contributed by atoms with van der Waals surface area (Å²) < 4.78 is 26.8. The third-order valence-corrected chi connectivity index (χ3v) is 6.55. The zero-order valence-electron chi connectivity index (χ0n) is 12.8.